The maximum Gasteiger partial charge on any atom is 0.534 e. The molecule has 1 aliphatic carbocycles. The Hall–Kier alpha value is -2.36. The third-order valence-corrected chi connectivity index (χ3v) is 6.93. The third-order valence-electron chi connectivity index (χ3n) is 5.96. The number of aromatic nitrogens is 2. The number of unbranched alkanes of at least 4 members (excludes halogenated alkanes) is 2. The Morgan fingerprint density at radius 2 is 1.62 bits per heavy atom. The lowest BCUT2D eigenvalue weighted by molar-refractivity contribution is -0.0499. The molecule has 1 N–H and O–H groups in total. The molecule has 0 atom stereocenters. The number of fused-ring (bicyclic) bond motifs is 1. The molecule has 1 aliphatic rings. The summed E-state index contributed by atoms with van der Waals surface area (Å²) < 4.78 is 67.8. The van der Waals surface area contributed by atoms with E-state index in [0.29, 0.717) is 42.2 Å². The standard InChI is InChI=1S/C24H32F3N3O3S/c1-4-7-10-13-28-23-20(6-3)29-22(19(5-2)30-23)18-14-16-11-8-9-12-17(16)15-21(18)33-34(31,32)24(25,26)27/h14-15H,4-13H2,1-3H3,(H,28,30). The van der Waals surface area contributed by atoms with Crippen LogP contribution in [-0.4, -0.2) is 30.4 Å². The number of alkyl halides is 3. The summed E-state index contributed by atoms with van der Waals surface area (Å²) in [6, 6.07) is 3.16. The van der Waals surface area contributed by atoms with E-state index in [1.54, 1.807) is 6.07 Å². The van der Waals surface area contributed by atoms with Crippen LogP contribution < -0.4 is 9.50 Å². The van der Waals surface area contributed by atoms with Gasteiger partial charge < -0.3 is 9.50 Å². The van der Waals surface area contributed by atoms with Gasteiger partial charge in [-0.3, -0.25) is 0 Å². The van der Waals surface area contributed by atoms with E-state index in [2.05, 4.69) is 16.4 Å². The molecule has 0 unspecified atom stereocenters. The average Bonchev–Trinajstić information content (AvgIpc) is 2.80. The van der Waals surface area contributed by atoms with Crippen molar-refractivity contribution in [3.63, 3.8) is 0 Å². The number of anilines is 1. The van der Waals surface area contributed by atoms with Crippen molar-refractivity contribution in [2.75, 3.05) is 11.9 Å². The van der Waals surface area contributed by atoms with Gasteiger partial charge in [-0.25, -0.2) is 9.97 Å². The number of halogens is 3. The Morgan fingerprint density at radius 1 is 0.971 bits per heavy atom. The third kappa shape index (κ3) is 5.82. The van der Waals surface area contributed by atoms with Gasteiger partial charge in [-0.05, 0) is 68.2 Å². The van der Waals surface area contributed by atoms with Crippen molar-refractivity contribution in [1.82, 2.24) is 9.97 Å². The van der Waals surface area contributed by atoms with E-state index >= 15 is 0 Å². The molecule has 0 amide bonds. The first kappa shape index (κ1) is 26.2. The highest BCUT2D eigenvalue weighted by molar-refractivity contribution is 7.88. The monoisotopic (exact) mass is 499 g/mol. The van der Waals surface area contributed by atoms with E-state index < -0.39 is 15.6 Å². The smallest absolute Gasteiger partial charge is 0.375 e. The Kier molecular flexibility index (Phi) is 8.43. The van der Waals surface area contributed by atoms with Crippen LogP contribution in [0, 0.1) is 0 Å². The molecule has 0 saturated carbocycles. The summed E-state index contributed by atoms with van der Waals surface area (Å²) in [5, 5.41) is 3.33. The van der Waals surface area contributed by atoms with E-state index in [9.17, 15) is 21.6 Å². The van der Waals surface area contributed by atoms with Gasteiger partial charge >= 0.3 is 15.6 Å². The van der Waals surface area contributed by atoms with Crippen LogP contribution in [0.3, 0.4) is 0 Å². The number of hydrogen-bond acceptors (Lipinski definition) is 6. The van der Waals surface area contributed by atoms with E-state index in [0.717, 1.165) is 56.2 Å². The first-order valence-electron chi connectivity index (χ1n) is 11.9. The van der Waals surface area contributed by atoms with Crippen molar-refractivity contribution in [3.05, 3.63) is 34.6 Å². The van der Waals surface area contributed by atoms with E-state index in [1.807, 2.05) is 13.8 Å². The minimum absolute atomic E-state index is 0.227. The van der Waals surface area contributed by atoms with Crippen molar-refractivity contribution in [1.29, 1.82) is 0 Å². The summed E-state index contributed by atoms with van der Waals surface area (Å²) in [4.78, 5) is 9.49. The second kappa shape index (κ2) is 10.9. The van der Waals surface area contributed by atoms with Gasteiger partial charge in [-0.15, -0.1) is 0 Å². The summed E-state index contributed by atoms with van der Waals surface area (Å²) >= 11 is 0. The van der Waals surface area contributed by atoms with Gasteiger partial charge in [-0.2, -0.15) is 21.6 Å². The molecule has 0 aliphatic heterocycles. The van der Waals surface area contributed by atoms with Crippen molar-refractivity contribution in [2.24, 2.45) is 0 Å². The lowest BCUT2D eigenvalue weighted by Crippen LogP contribution is -2.28. The van der Waals surface area contributed by atoms with E-state index in [-0.39, 0.29) is 11.3 Å². The molecule has 188 valence electrons. The normalized spacial score (nSPS) is 14.1. The highest BCUT2D eigenvalue weighted by Crippen LogP contribution is 2.39. The van der Waals surface area contributed by atoms with Gasteiger partial charge in [0, 0.05) is 12.1 Å². The number of nitrogens with zero attached hydrogens (tertiary/aromatic N) is 2. The predicted molar refractivity (Wildman–Crippen MR) is 126 cm³/mol. The summed E-state index contributed by atoms with van der Waals surface area (Å²) in [7, 11) is -5.83. The number of benzene rings is 1. The van der Waals surface area contributed by atoms with E-state index in [4.69, 9.17) is 9.97 Å². The fourth-order valence-corrected chi connectivity index (χ4v) is 4.59. The van der Waals surface area contributed by atoms with Gasteiger partial charge in [0.25, 0.3) is 0 Å². The number of hydrogen-bond donors (Lipinski definition) is 1. The molecule has 34 heavy (non-hydrogen) atoms. The fraction of sp³-hybridized carbons (Fsp3) is 0.583. The van der Waals surface area contributed by atoms with Crippen LogP contribution in [0.4, 0.5) is 19.0 Å². The van der Waals surface area contributed by atoms with Gasteiger partial charge in [0.05, 0.1) is 17.1 Å². The zero-order valence-corrected chi connectivity index (χ0v) is 20.7. The van der Waals surface area contributed by atoms with Gasteiger partial charge in [0.1, 0.15) is 5.82 Å². The van der Waals surface area contributed by atoms with Crippen LogP contribution in [-0.2, 0) is 35.8 Å². The average molecular weight is 500 g/mol. The summed E-state index contributed by atoms with van der Waals surface area (Å²) in [6.07, 6.45) is 7.46. The summed E-state index contributed by atoms with van der Waals surface area (Å²) in [5.41, 5.74) is -1.92. The molecule has 0 spiro atoms. The topological polar surface area (TPSA) is 81.2 Å². The molecule has 2 aromatic rings. The Labute approximate surface area is 199 Å². The molecule has 3 rings (SSSR count). The predicted octanol–water partition coefficient (Wildman–Crippen LogP) is 5.98. The van der Waals surface area contributed by atoms with Crippen LogP contribution in [0.2, 0.25) is 0 Å². The molecule has 1 heterocycles. The second-order valence-electron chi connectivity index (χ2n) is 8.46. The lowest BCUT2D eigenvalue weighted by atomic mass is 9.89. The van der Waals surface area contributed by atoms with E-state index in [1.165, 1.54) is 6.07 Å². The highest BCUT2D eigenvalue weighted by atomic mass is 32.2. The largest absolute Gasteiger partial charge is 0.534 e. The first-order chi connectivity index (χ1) is 16.1. The lowest BCUT2D eigenvalue weighted by Gasteiger charge is -2.21. The number of rotatable bonds is 10. The van der Waals surface area contributed by atoms with Crippen LogP contribution in [0.15, 0.2) is 12.1 Å². The van der Waals surface area contributed by atoms with Crippen molar-refractivity contribution in [2.45, 2.75) is 84.1 Å². The van der Waals surface area contributed by atoms with Gasteiger partial charge in [0.15, 0.2) is 5.75 Å². The Balaban J connectivity index is 2.13. The van der Waals surface area contributed by atoms with Gasteiger partial charge in [-0.1, -0.05) is 33.6 Å². The zero-order chi connectivity index (χ0) is 24.9. The van der Waals surface area contributed by atoms with Gasteiger partial charge in [0.2, 0.25) is 0 Å². The van der Waals surface area contributed by atoms with Crippen LogP contribution in [0.25, 0.3) is 11.3 Å². The number of nitrogens with one attached hydrogen (secondary N) is 1. The molecule has 0 saturated heterocycles. The van der Waals surface area contributed by atoms with Crippen molar-refractivity contribution in [3.8, 4) is 17.0 Å². The number of aryl methyl sites for hydroxylation is 4. The summed E-state index contributed by atoms with van der Waals surface area (Å²) in [5.74, 6) is 0.301. The highest BCUT2D eigenvalue weighted by Gasteiger charge is 2.49. The van der Waals surface area contributed by atoms with Crippen LogP contribution in [0.1, 0.15) is 75.4 Å². The Bertz CT molecular complexity index is 1120. The first-order valence-corrected chi connectivity index (χ1v) is 13.3. The minimum Gasteiger partial charge on any atom is -0.375 e. The minimum atomic E-state index is -5.83. The summed E-state index contributed by atoms with van der Waals surface area (Å²) in [6.45, 7) is 6.67. The molecule has 6 nitrogen and oxygen atoms in total. The molecule has 10 heteroatoms. The van der Waals surface area contributed by atoms with Crippen LogP contribution >= 0.6 is 0 Å². The van der Waals surface area contributed by atoms with Crippen LogP contribution in [0.5, 0.6) is 5.75 Å². The second-order valence-corrected chi connectivity index (χ2v) is 10.0. The molecule has 0 fully saturated rings. The quantitative estimate of drug-likeness (QED) is 0.246. The van der Waals surface area contributed by atoms with Crippen molar-refractivity contribution >= 4 is 15.9 Å². The Morgan fingerprint density at radius 3 is 2.21 bits per heavy atom. The molecule has 1 aromatic carbocycles. The molecule has 1 aromatic heterocycles. The van der Waals surface area contributed by atoms with Crippen molar-refractivity contribution < 1.29 is 25.8 Å². The molecular weight excluding hydrogens is 467 g/mol. The maximum atomic E-state index is 13.1. The maximum absolute atomic E-state index is 13.1. The fourth-order valence-electron chi connectivity index (χ4n) is 4.12. The molecule has 0 bridgehead atoms. The molecular formula is C24H32F3N3O3S. The molecule has 0 radical (unpaired) electrons. The zero-order valence-electron chi connectivity index (χ0n) is 19.9. The SMILES string of the molecule is CCCCCNc1nc(CC)c(-c2cc3c(cc2OS(=O)(=O)C(F)(F)F)CCCC3)nc1CC.